The van der Waals surface area contributed by atoms with Crippen LogP contribution in [-0.2, 0) is 5.41 Å². The molecule has 1 aromatic heterocycles. The molecule has 0 atom stereocenters. The molecule has 0 aromatic carbocycles. The summed E-state index contributed by atoms with van der Waals surface area (Å²) in [5.41, 5.74) is 11.7. The van der Waals surface area contributed by atoms with Crippen molar-refractivity contribution in [2.75, 3.05) is 5.73 Å². The van der Waals surface area contributed by atoms with Crippen molar-refractivity contribution < 1.29 is 0 Å². The van der Waals surface area contributed by atoms with Gasteiger partial charge in [0.1, 0.15) is 5.82 Å². The van der Waals surface area contributed by atoms with Crippen LogP contribution in [0.2, 0.25) is 0 Å². The first-order chi connectivity index (χ1) is 5.82. The normalized spacial score (nSPS) is 10.8. The molecule has 0 amide bonds. The van der Waals surface area contributed by atoms with Crippen molar-refractivity contribution in [1.82, 2.24) is 9.78 Å². The van der Waals surface area contributed by atoms with Crippen LogP contribution in [0, 0.1) is 5.41 Å². The van der Waals surface area contributed by atoms with Crippen LogP contribution in [0.25, 0.3) is 0 Å². The molecule has 6 heteroatoms. The van der Waals surface area contributed by atoms with Gasteiger partial charge in [0.2, 0.25) is 5.96 Å². The molecule has 0 unspecified atom stereocenters. The summed E-state index contributed by atoms with van der Waals surface area (Å²) < 4.78 is 1.22. The van der Waals surface area contributed by atoms with Gasteiger partial charge >= 0.3 is 0 Å². The van der Waals surface area contributed by atoms with E-state index in [1.807, 2.05) is 20.8 Å². The highest BCUT2D eigenvalue weighted by Gasteiger charge is 2.19. The van der Waals surface area contributed by atoms with Gasteiger partial charge < -0.3 is 11.5 Å². The van der Waals surface area contributed by atoms with Crippen LogP contribution >= 0.6 is 12.4 Å². The van der Waals surface area contributed by atoms with Crippen molar-refractivity contribution in [3.63, 3.8) is 0 Å². The number of hydrogen-bond donors (Lipinski definition) is 3. The Hall–Kier alpha value is -1.23. The van der Waals surface area contributed by atoms with Gasteiger partial charge in [0.05, 0.1) is 5.69 Å². The van der Waals surface area contributed by atoms with Gasteiger partial charge in [-0.1, -0.05) is 20.8 Å². The number of hydrogen-bond acceptors (Lipinski definition) is 3. The summed E-state index contributed by atoms with van der Waals surface area (Å²) >= 11 is 0. The highest BCUT2D eigenvalue weighted by molar-refractivity contribution is 5.85. The van der Waals surface area contributed by atoms with Crippen LogP contribution in [0.4, 0.5) is 5.82 Å². The zero-order valence-corrected chi connectivity index (χ0v) is 9.35. The molecule has 14 heavy (non-hydrogen) atoms. The number of anilines is 1. The van der Waals surface area contributed by atoms with E-state index in [0.717, 1.165) is 5.69 Å². The van der Waals surface area contributed by atoms with E-state index in [9.17, 15) is 0 Å². The van der Waals surface area contributed by atoms with E-state index in [0.29, 0.717) is 5.82 Å². The second kappa shape index (κ2) is 3.88. The third kappa shape index (κ3) is 2.38. The third-order valence-corrected chi connectivity index (χ3v) is 1.73. The van der Waals surface area contributed by atoms with Gasteiger partial charge in [0.15, 0.2) is 0 Å². The molecule has 1 aromatic rings. The molecule has 5 nitrogen and oxygen atoms in total. The molecule has 0 spiro atoms. The Morgan fingerprint density at radius 3 is 2.21 bits per heavy atom. The maximum Gasteiger partial charge on any atom is 0.215 e. The fraction of sp³-hybridized carbons (Fsp3) is 0.500. The molecule has 1 rings (SSSR count). The first kappa shape index (κ1) is 12.8. The molecule has 0 aliphatic heterocycles. The number of halogens is 1. The van der Waals surface area contributed by atoms with E-state index in [2.05, 4.69) is 5.10 Å². The van der Waals surface area contributed by atoms with Crippen LogP contribution in [0.1, 0.15) is 26.5 Å². The third-order valence-electron chi connectivity index (χ3n) is 1.73. The molecule has 5 N–H and O–H groups in total. The van der Waals surface area contributed by atoms with Crippen molar-refractivity contribution in [2.24, 2.45) is 5.73 Å². The van der Waals surface area contributed by atoms with Crippen molar-refractivity contribution in [2.45, 2.75) is 26.2 Å². The Morgan fingerprint density at radius 2 is 2.00 bits per heavy atom. The largest absolute Gasteiger partial charge is 0.383 e. The van der Waals surface area contributed by atoms with Crippen LogP contribution < -0.4 is 11.5 Å². The van der Waals surface area contributed by atoms with Gasteiger partial charge in [0, 0.05) is 11.5 Å². The van der Waals surface area contributed by atoms with E-state index in [4.69, 9.17) is 16.9 Å². The number of rotatable bonds is 0. The fourth-order valence-electron chi connectivity index (χ4n) is 0.955. The van der Waals surface area contributed by atoms with Gasteiger partial charge in [-0.25, -0.2) is 0 Å². The average molecular weight is 218 g/mol. The second-order valence-corrected chi connectivity index (χ2v) is 4.00. The Kier molecular flexibility index (Phi) is 3.53. The molecular weight excluding hydrogens is 202 g/mol. The van der Waals surface area contributed by atoms with Gasteiger partial charge in [-0.3, -0.25) is 5.41 Å². The van der Waals surface area contributed by atoms with Gasteiger partial charge in [0.25, 0.3) is 0 Å². The standard InChI is InChI=1S/C8H15N5.ClH/c1-8(2,3)5-4-6(9)13(12-5)7(10)11;/h4H,9H2,1-3H3,(H3,10,11);1H. The van der Waals surface area contributed by atoms with Gasteiger partial charge in [-0.05, 0) is 0 Å². The molecule has 80 valence electrons. The summed E-state index contributed by atoms with van der Waals surface area (Å²) in [7, 11) is 0. The van der Waals surface area contributed by atoms with E-state index in [1.165, 1.54) is 4.68 Å². The van der Waals surface area contributed by atoms with Crippen LogP contribution in [-0.4, -0.2) is 15.7 Å². The minimum Gasteiger partial charge on any atom is -0.383 e. The highest BCUT2D eigenvalue weighted by atomic mass is 35.5. The summed E-state index contributed by atoms with van der Waals surface area (Å²) in [5, 5.41) is 11.3. The lowest BCUT2D eigenvalue weighted by molar-refractivity contribution is 0.562. The Morgan fingerprint density at radius 1 is 1.50 bits per heavy atom. The number of aromatic nitrogens is 2. The minimum atomic E-state index is -0.159. The molecule has 0 bridgehead atoms. The molecule has 0 radical (unpaired) electrons. The quantitative estimate of drug-likeness (QED) is 0.446. The number of nitrogens with one attached hydrogen (secondary N) is 1. The molecule has 0 saturated carbocycles. The zero-order valence-electron chi connectivity index (χ0n) is 8.53. The monoisotopic (exact) mass is 217 g/mol. The predicted molar refractivity (Wildman–Crippen MR) is 59.9 cm³/mol. The van der Waals surface area contributed by atoms with Crippen molar-refractivity contribution in [1.29, 1.82) is 5.41 Å². The van der Waals surface area contributed by atoms with Crippen molar-refractivity contribution >= 4 is 24.2 Å². The lowest BCUT2D eigenvalue weighted by Crippen LogP contribution is -2.24. The zero-order chi connectivity index (χ0) is 10.2. The fourth-order valence-corrected chi connectivity index (χ4v) is 0.955. The number of nitrogens with zero attached hydrogens (tertiary/aromatic N) is 2. The number of nitrogens with two attached hydrogens (primary N) is 2. The van der Waals surface area contributed by atoms with E-state index in [-0.39, 0.29) is 23.8 Å². The maximum atomic E-state index is 7.19. The highest BCUT2D eigenvalue weighted by Crippen LogP contribution is 2.22. The van der Waals surface area contributed by atoms with Crippen LogP contribution in [0.5, 0.6) is 0 Å². The lowest BCUT2D eigenvalue weighted by Gasteiger charge is -2.13. The topological polar surface area (TPSA) is 93.7 Å². The first-order valence-corrected chi connectivity index (χ1v) is 4.03. The molecule has 0 aliphatic carbocycles. The van der Waals surface area contributed by atoms with E-state index >= 15 is 0 Å². The second-order valence-electron chi connectivity index (χ2n) is 4.00. The van der Waals surface area contributed by atoms with Crippen molar-refractivity contribution in [3.05, 3.63) is 11.8 Å². The summed E-state index contributed by atoms with van der Waals surface area (Å²) in [6, 6.07) is 1.74. The summed E-state index contributed by atoms with van der Waals surface area (Å²) in [6.45, 7) is 6.08. The molecule has 1 heterocycles. The van der Waals surface area contributed by atoms with E-state index < -0.39 is 0 Å². The van der Waals surface area contributed by atoms with E-state index in [1.54, 1.807) is 6.07 Å². The van der Waals surface area contributed by atoms with Crippen molar-refractivity contribution in [3.8, 4) is 0 Å². The molecule has 0 saturated heterocycles. The van der Waals surface area contributed by atoms with Crippen LogP contribution in [0.3, 0.4) is 0 Å². The Labute approximate surface area is 89.4 Å². The van der Waals surface area contributed by atoms with Crippen LogP contribution in [0.15, 0.2) is 6.07 Å². The number of nitrogen functional groups attached to an aromatic ring is 2. The van der Waals surface area contributed by atoms with Gasteiger partial charge in [-0.2, -0.15) is 9.78 Å². The van der Waals surface area contributed by atoms with Gasteiger partial charge in [-0.15, -0.1) is 12.4 Å². The predicted octanol–water partition coefficient (Wildman–Crippen LogP) is 0.926. The first-order valence-electron chi connectivity index (χ1n) is 4.03. The molecule has 0 fully saturated rings. The summed E-state index contributed by atoms with van der Waals surface area (Å²) in [5.74, 6) is 0.241. The smallest absolute Gasteiger partial charge is 0.215 e. The average Bonchev–Trinajstić information content (AvgIpc) is 2.29. The Balaban J connectivity index is 0.00000169. The maximum absolute atomic E-state index is 7.19. The minimum absolute atomic E-state index is 0. The lowest BCUT2D eigenvalue weighted by atomic mass is 9.92. The summed E-state index contributed by atoms with van der Waals surface area (Å²) in [4.78, 5) is 0. The summed E-state index contributed by atoms with van der Waals surface area (Å²) in [6.07, 6.45) is 0. The molecular formula is C8H16ClN5. The SMILES string of the molecule is CC(C)(C)c1cc(N)n(C(=N)N)n1.Cl. The molecule has 0 aliphatic rings. The Bertz CT molecular complexity index is 336.